The normalized spacial score (nSPS) is 13.6. The monoisotopic (exact) mass is 1090 g/mol. The number of phosphoric ester groups is 1. The van der Waals surface area contributed by atoms with Gasteiger partial charge in [-0.3, -0.25) is 23.4 Å². The molecular formula is C64H117O11P. The summed E-state index contributed by atoms with van der Waals surface area (Å²) in [6.07, 6.45) is 63.5. The van der Waals surface area contributed by atoms with E-state index in [9.17, 15) is 28.9 Å². The van der Waals surface area contributed by atoms with Gasteiger partial charge in [-0.25, -0.2) is 4.57 Å². The van der Waals surface area contributed by atoms with Gasteiger partial charge in [-0.15, -0.1) is 0 Å². The highest BCUT2D eigenvalue weighted by Crippen LogP contribution is 2.43. The molecule has 0 fully saturated rings. The molecule has 12 heteroatoms. The highest BCUT2D eigenvalue weighted by atomic mass is 31.2. The van der Waals surface area contributed by atoms with Gasteiger partial charge in [-0.1, -0.05) is 256 Å². The van der Waals surface area contributed by atoms with Gasteiger partial charge in [0.15, 0.2) is 6.10 Å². The van der Waals surface area contributed by atoms with Crippen molar-refractivity contribution in [3.8, 4) is 0 Å². The molecule has 3 atom stereocenters. The zero-order valence-corrected chi connectivity index (χ0v) is 50.1. The maximum absolute atomic E-state index is 12.9. The van der Waals surface area contributed by atoms with Gasteiger partial charge in [0, 0.05) is 19.3 Å². The van der Waals surface area contributed by atoms with Crippen LogP contribution in [0.1, 0.15) is 303 Å². The summed E-state index contributed by atoms with van der Waals surface area (Å²) in [7, 11) is -4.75. The molecule has 0 aromatic rings. The van der Waals surface area contributed by atoms with E-state index in [0.29, 0.717) is 19.3 Å². The fraction of sp³-hybridized carbons (Fsp3) is 0.828. The summed E-state index contributed by atoms with van der Waals surface area (Å²) in [4.78, 5) is 48.7. The molecule has 0 amide bonds. The number of unbranched alkanes of at least 4 members (excludes halogenated alkanes) is 34. The molecule has 0 spiro atoms. The van der Waals surface area contributed by atoms with Crippen molar-refractivity contribution in [1.29, 1.82) is 0 Å². The predicted molar refractivity (Wildman–Crippen MR) is 316 cm³/mol. The molecule has 0 aliphatic carbocycles. The molecule has 2 N–H and O–H groups in total. The lowest BCUT2D eigenvalue weighted by Gasteiger charge is -2.21. The first-order valence-electron chi connectivity index (χ1n) is 31.5. The fourth-order valence-corrected chi connectivity index (χ4v) is 9.74. The minimum absolute atomic E-state index is 0.168. The standard InChI is InChI=1S/C64H117O11P/c1-4-7-10-13-16-19-22-25-27-29-30-32-34-37-40-43-46-49-52-55-64(68)75-61(57-71-62(66)53-50-47-44-41-38-36-33-31-28-26-23-20-17-14-11-8-5-2)59-73-76(69,70)72-58-60(56-65)74-63(67)54-51-48-45-42-39-35-24-21-18-15-12-9-6-3/h8,11,17,20-21,24,26,28,60-61,65H,4-7,9-10,12-16,18-19,22-23,25,27,29-59H2,1-3H3,(H,69,70)/b11-8-,20-17-,24-21-,28-26-. The largest absolute Gasteiger partial charge is 0.472 e. The molecule has 0 saturated carbocycles. The lowest BCUT2D eigenvalue weighted by molar-refractivity contribution is -0.161. The number of carbonyl (C=O) groups excluding carboxylic acids is 3. The van der Waals surface area contributed by atoms with Crippen LogP contribution < -0.4 is 0 Å². The summed E-state index contributed by atoms with van der Waals surface area (Å²) in [5.41, 5.74) is 0. The van der Waals surface area contributed by atoms with E-state index >= 15 is 0 Å². The summed E-state index contributed by atoms with van der Waals surface area (Å²) >= 11 is 0. The van der Waals surface area contributed by atoms with Crippen LogP contribution in [-0.2, 0) is 42.2 Å². The van der Waals surface area contributed by atoms with Gasteiger partial charge < -0.3 is 24.2 Å². The van der Waals surface area contributed by atoms with Gasteiger partial charge in [0.25, 0.3) is 0 Å². The summed E-state index contributed by atoms with van der Waals surface area (Å²) < 4.78 is 39.6. The first kappa shape index (κ1) is 73.4. The van der Waals surface area contributed by atoms with Crippen molar-refractivity contribution in [3.63, 3.8) is 0 Å². The Morgan fingerprint density at radius 1 is 0.382 bits per heavy atom. The second kappa shape index (κ2) is 58.6. The quantitative estimate of drug-likeness (QED) is 0.0197. The Kier molecular flexibility index (Phi) is 56.6. The van der Waals surface area contributed by atoms with Gasteiger partial charge in [0.05, 0.1) is 19.8 Å². The highest BCUT2D eigenvalue weighted by Gasteiger charge is 2.28. The lowest BCUT2D eigenvalue weighted by Crippen LogP contribution is -2.30. The van der Waals surface area contributed by atoms with Gasteiger partial charge in [0.1, 0.15) is 12.7 Å². The molecule has 0 bridgehead atoms. The van der Waals surface area contributed by atoms with Crippen molar-refractivity contribution in [2.45, 2.75) is 315 Å². The van der Waals surface area contributed by atoms with E-state index in [0.717, 1.165) is 109 Å². The molecular weight excluding hydrogens is 976 g/mol. The van der Waals surface area contributed by atoms with Gasteiger partial charge in [0.2, 0.25) is 0 Å². The van der Waals surface area contributed by atoms with Gasteiger partial charge in [-0.05, 0) is 77.0 Å². The average Bonchev–Trinajstić information content (AvgIpc) is 3.41. The van der Waals surface area contributed by atoms with E-state index in [-0.39, 0.29) is 25.9 Å². The van der Waals surface area contributed by atoms with Crippen LogP contribution >= 0.6 is 7.82 Å². The van der Waals surface area contributed by atoms with Crippen LogP contribution in [0.15, 0.2) is 48.6 Å². The minimum atomic E-state index is -4.75. The molecule has 444 valence electrons. The average molecular weight is 1090 g/mol. The minimum Gasteiger partial charge on any atom is -0.462 e. The maximum atomic E-state index is 12.9. The number of rotatable bonds is 59. The van der Waals surface area contributed by atoms with Crippen LogP contribution in [0.3, 0.4) is 0 Å². The Hall–Kier alpha value is -2.56. The number of allylic oxidation sites excluding steroid dienone is 8. The number of phosphoric acid groups is 1. The highest BCUT2D eigenvalue weighted by molar-refractivity contribution is 7.47. The van der Waals surface area contributed by atoms with Crippen LogP contribution in [0.25, 0.3) is 0 Å². The molecule has 0 heterocycles. The van der Waals surface area contributed by atoms with Crippen molar-refractivity contribution < 1.29 is 52.2 Å². The third-order valence-corrected chi connectivity index (χ3v) is 14.7. The van der Waals surface area contributed by atoms with Crippen LogP contribution in [0.4, 0.5) is 0 Å². The summed E-state index contributed by atoms with van der Waals surface area (Å²) in [5.74, 6) is -1.46. The van der Waals surface area contributed by atoms with Crippen LogP contribution in [0, 0.1) is 0 Å². The zero-order valence-electron chi connectivity index (χ0n) is 49.2. The third-order valence-electron chi connectivity index (χ3n) is 13.7. The Morgan fingerprint density at radius 2 is 0.684 bits per heavy atom. The first-order valence-corrected chi connectivity index (χ1v) is 33.0. The second-order valence-corrected chi connectivity index (χ2v) is 22.7. The number of aliphatic hydroxyl groups excluding tert-OH is 1. The van der Waals surface area contributed by atoms with Gasteiger partial charge in [-0.2, -0.15) is 0 Å². The van der Waals surface area contributed by atoms with E-state index in [1.54, 1.807) is 0 Å². The molecule has 11 nitrogen and oxygen atoms in total. The predicted octanol–water partition coefficient (Wildman–Crippen LogP) is 18.9. The van der Waals surface area contributed by atoms with Crippen LogP contribution in [0.5, 0.6) is 0 Å². The Labute approximate surface area is 466 Å². The second-order valence-electron chi connectivity index (χ2n) is 21.2. The van der Waals surface area contributed by atoms with Crippen molar-refractivity contribution in [1.82, 2.24) is 0 Å². The molecule has 76 heavy (non-hydrogen) atoms. The van der Waals surface area contributed by atoms with Crippen molar-refractivity contribution in [2.24, 2.45) is 0 Å². The molecule has 0 radical (unpaired) electrons. The number of carbonyl (C=O) groups is 3. The van der Waals surface area contributed by atoms with Crippen molar-refractivity contribution >= 4 is 25.7 Å². The first-order chi connectivity index (χ1) is 37.2. The molecule has 0 aromatic heterocycles. The molecule has 0 rings (SSSR count). The SMILES string of the molecule is CC/C=C\C/C=C\C/C=C\CCCCCCCCCC(=O)OCC(COP(=O)(O)OCC(CO)OC(=O)CCCCCCC/C=C\CCCCCC)OC(=O)CCCCCCCCCCCCCCCCCCCCC. The lowest BCUT2D eigenvalue weighted by atomic mass is 10.0. The number of ether oxygens (including phenoxy) is 3. The van der Waals surface area contributed by atoms with E-state index in [1.165, 1.54) is 135 Å². The maximum Gasteiger partial charge on any atom is 0.472 e. The number of hydrogen-bond donors (Lipinski definition) is 2. The molecule has 0 saturated heterocycles. The molecule has 0 aromatic carbocycles. The number of hydrogen-bond acceptors (Lipinski definition) is 10. The topological polar surface area (TPSA) is 155 Å². The Balaban J connectivity index is 4.69. The smallest absolute Gasteiger partial charge is 0.462 e. The Morgan fingerprint density at radius 3 is 1.08 bits per heavy atom. The van der Waals surface area contributed by atoms with Crippen molar-refractivity contribution in [2.75, 3.05) is 26.4 Å². The van der Waals surface area contributed by atoms with Crippen LogP contribution in [0.2, 0.25) is 0 Å². The molecule has 0 aliphatic heterocycles. The van der Waals surface area contributed by atoms with E-state index in [1.807, 2.05) is 0 Å². The fourth-order valence-electron chi connectivity index (χ4n) is 8.96. The van der Waals surface area contributed by atoms with Crippen LogP contribution in [-0.4, -0.2) is 66.5 Å². The number of aliphatic hydroxyl groups is 1. The van der Waals surface area contributed by atoms with Crippen molar-refractivity contribution in [3.05, 3.63) is 48.6 Å². The molecule has 3 unspecified atom stereocenters. The summed E-state index contributed by atoms with van der Waals surface area (Å²) in [5, 5.41) is 9.83. The summed E-state index contributed by atoms with van der Waals surface area (Å²) in [6.45, 7) is 4.56. The third kappa shape index (κ3) is 56.2. The van der Waals surface area contributed by atoms with Gasteiger partial charge >= 0.3 is 25.7 Å². The van der Waals surface area contributed by atoms with E-state index < -0.39 is 57.8 Å². The Bertz CT molecular complexity index is 1460. The van der Waals surface area contributed by atoms with E-state index in [4.69, 9.17) is 23.3 Å². The molecule has 0 aliphatic rings. The number of esters is 3. The summed E-state index contributed by atoms with van der Waals surface area (Å²) in [6, 6.07) is 0. The zero-order chi connectivity index (χ0) is 55.5. The van der Waals surface area contributed by atoms with E-state index in [2.05, 4.69) is 69.4 Å².